The molecule has 0 atom stereocenters. The highest BCUT2D eigenvalue weighted by Gasteiger charge is 2.17. The van der Waals surface area contributed by atoms with E-state index in [1.165, 1.54) is 16.4 Å². The number of methoxy groups -OCH3 is 2. The van der Waals surface area contributed by atoms with Gasteiger partial charge in [0.05, 0.1) is 25.5 Å². The normalized spacial score (nSPS) is 10.8. The maximum atomic E-state index is 6.23. The minimum absolute atomic E-state index is 0.497. The van der Waals surface area contributed by atoms with Gasteiger partial charge in [-0.1, -0.05) is 47.3 Å². The van der Waals surface area contributed by atoms with Crippen molar-refractivity contribution >= 4 is 11.8 Å². The van der Waals surface area contributed by atoms with E-state index in [1.54, 1.807) is 20.3 Å². The summed E-state index contributed by atoms with van der Waals surface area (Å²) in [7, 11) is 3.18. The van der Waals surface area contributed by atoms with Gasteiger partial charge < -0.3 is 19.8 Å². The summed E-state index contributed by atoms with van der Waals surface area (Å²) in [6, 6.07) is 17.2. The Bertz CT molecular complexity index is 1110. The number of ether oxygens (including phenoxy) is 2. The number of nitrogens with zero attached hydrogens (tertiary/aromatic N) is 4. The van der Waals surface area contributed by atoms with E-state index >= 15 is 0 Å². The number of thioether (sulfide) groups is 1. The van der Waals surface area contributed by atoms with Crippen LogP contribution in [0.15, 0.2) is 64.3 Å². The van der Waals surface area contributed by atoms with Gasteiger partial charge in [-0.3, -0.25) is 0 Å². The molecule has 4 rings (SSSR count). The number of rotatable bonds is 7. The molecule has 0 aliphatic rings. The Hall–Kier alpha value is -3.46. The molecule has 0 aliphatic carbocycles. The molecule has 0 aliphatic heterocycles. The van der Waals surface area contributed by atoms with Gasteiger partial charge in [-0.05, 0) is 12.1 Å². The summed E-state index contributed by atoms with van der Waals surface area (Å²) >= 11 is 1.42. The summed E-state index contributed by atoms with van der Waals surface area (Å²) in [5.74, 6) is 9.28. The Morgan fingerprint density at radius 1 is 1.03 bits per heavy atom. The van der Waals surface area contributed by atoms with Gasteiger partial charge in [0.2, 0.25) is 5.16 Å². The summed E-state index contributed by atoms with van der Waals surface area (Å²) in [4.78, 5) is 0. The van der Waals surface area contributed by atoms with E-state index in [0.29, 0.717) is 28.2 Å². The minimum Gasteiger partial charge on any atom is -0.497 e. The topological polar surface area (TPSA) is 101 Å². The van der Waals surface area contributed by atoms with E-state index in [9.17, 15) is 0 Å². The van der Waals surface area contributed by atoms with Crippen LogP contribution in [0.5, 0.6) is 11.5 Å². The first-order chi connectivity index (χ1) is 14.2. The highest BCUT2D eigenvalue weighted by molar-refractivity contribution is 7.98. The average molecular weight is 409 g/mol. The first kappa shape index (κ1) is 18.9. The van der Waals surface area contributed by atoms with Crippen molar-refractivity contribution in [2.24, 2.45) is 0 Å². The number of nitrogen functional groups attached to an aromatic ring is 1. The zero-order valence-electron chi connectivity index (χ0n) is 15.9. The van der Waals surface area contributed by atoms with Crippen LogP contribution >= 0.6 is 11.8 Å². The summed E-state index contributed by atoms with van der Waals surface area (Å²) in [6.07, 6.45) is 0. The third-order valence-corrected chi connectivity index (χ3v) is 5.26. The van der Waals surface area contributed by atoms with E-state index in [0.717, 1.165) is 22.6 Å². The molecule has 148 valence electrons. The number of nitrogens with two attached hydrogens (primary N) is 1. The van der Waals surface area contributed by atoms with Crippen molar-refractivity contribution < 1.29 is 14.0 Å². The van der Waals surface area contributed by atoms with Gasteiger partial charge >= 0.3 is 0 Å². The molecular weight excluding hydrogens is 390 g/mol. The molecule has 0 amide bonds. The monoisotopic (exact) mass is 409 g/mol. The molecule has 0 fully saturated rings. The molecule has 0 bridgehead atoms. The Balaban J connectivity index is 1.51. The van der Waals surface area contributed by atoms with Crippen molar-refractivity contribution in [3.8, 4) is 34.2 Å². The first-order valence-corrected chi connectivity index (χ1v) is 9.75. The lowest BCUT2D eigenvalue weighted by molar-refractivity contribution is 0.395. The summed E-state index contributed by atoms with van der Waals surface area (Å²) in [5, 5.41) is 13.1. The molecule has 0 unspecified atom stereocenters. The van der Waals surface area contributed by atoms with Crippen LogP contribution in [-0.4, -0.2) is 34.2 Å². The molecule has 4 aromatic rings. The van der Waals surface area contributed by atoms with Gasteiger partial charge in [0.25, 0.3) is 0 Å². The highest BCUT2D eigenvalue weighted by atomic mass is 32.2. The third-order valence-electron chi connectivity index (χ3n) is 4.28. The quantitative estimate of drug-likeness (QED) is 0.365. The van der Waals surface area contributed by atoms with Crippen LogP contribution in [-0.2, 0) is 5.75 Å². The number of benzene rings is 2. The maximum absolute atomic E-state index is 6.23. The van der Waals surface area contributed by atoms with Crippen molar-refractivity contribution in [3.05, 3.63) is 60.3 Å². The van der Waals surface area contributed by atoms with Crippen molar-refractivity contribution in [1.82, 2.24) is 20.0 Å². The predicted octanol–water partition coefficient (Wildman–Crippen LogP) is 3.62. The highest BCUT2D eigenvalue weighted by Crippen LogP contribution is 2.33. The van der Waals surface area contributed by atoms with Gasteiger partial charge in [-0.2, -0.15) is 0 Å². The van der Waals surface area contributed by atoms with E-state index in [1.807, 2.05) is 48.5 Å². The molecule has 2 N–H and O–H groups in total. The SMILES string of the molecule is COc1ccc(-c2nnc(SCc3cc(-c4ccccc4)on3)n2N)c(OC)c1. The standard InChI is InChI=1S/C20H19N5O3S/c1-26-15-8-9-16(18(11-15)27-2)19-22-23-20(25(19)21)29-12-14-10-17(28-24-14)13-6-4-3-5-7-13/h3-11H,12,21H2,1-2H3. The Morgan fingerprint density at radius 3 is 2.62 bits per heavy atom. The predicted molar refractivity (Wildman–Crippen MR) is 110 cm³/mol. The fraction of sp³-hybridized carbons (Fsp3) is 0.150. The molecule has 9 heteroatoms. The Morgan fingerprint density at radius 2 is 1.86 bits per heavy atom. The molecule has 2 aromatic heterocycles. The van der Waals surface area contributed by atoms with Crippen molar-refractivity contribution in [3.63, 3.8) is 0 Å². The van der Waals surface area contributed by atoms with Gasteiger partial charge in [0.1, 0.15) is 11.5 Å². The van der Waals surface area contributed by atoms with Crippen molar-refractivity contribution in [1.29, 1.82) is 0 Å². The molecule has 2 heterocycles. The molecule has 2 aromatic carbocycles. The van der Waals surface area contributed by atoms with E-state index in [-0.39, 0.29) is 0 Å². The van der Waals surface area contributed by atoms with Crippen LogP contribution in [0, 0.1) is 0 Å². The molecule has 29 heavy (non-hydrogen) atoms. The zero-order chi connectivity index (χ0) is 20.2. The van der Waals surface area contributed by atoms with Crippen LogP contribution in [0.25, 0.3) is 22.7 Å². The number of hydrogen-bond acceptors (Lipinski definition) is 8. The van der Waals surface area contributed by atoms with Crippen molar-refractivity contribution in [2.45, 2.75) is 10.9 Å². The molecular formula is C20H19N5O3S. The van der Waals surface area contributed by atoms with E-state index < -0.39 is 0 Å². The number of aromatic nitrogens is 4. The molecule has 0 radical (unpaired) electrons. The molecule has 0 saturated carbocycles. The zero-order valence-corrected chi connectivity index (χ0v) is 16.7. The average Bonchev–Trinajstić information content (AvgIpc) is 3.39. The van der Waals surface area contributed by atoms with Gasteiger partial charge in [-0.15, -0.1) is 10.2 Å². The van der Waals surface area contributed by atoms with Crippen LogP contribution in [0.4, 0.5) is 0 Å². The van der Waals surface area contributed by atoms with Crippen LogP contribution in [0.1, 0.15) is 5.69 Å². The smallest absolute Gasteiger partial charge is 0.210 e. The Kier molecular flexibility index (Phi) is 5.39. The van der Waals surface area contributed by atoms with Crippen LogP contribution < -0.4 is 15.3 Å². The molecule has 0 spiro atoms. The number of hydrogen-bond donors (Lipinski definition) is 1. The van der Waals surface area contributed by atoms with Crippen molar-refractivity contribution in [2.75, 3.05) is 20.1 Å². The van der Waals surface area contributed by atoms with E-state index in [4.69, 9.17) is 19.8 Å². The minimum atomic E-state index is 0.497. The van der Waals surface area contributed by atoms with Crippen LogP contribution in [0.3, 0.4) is 0 Å². The lowest BCUT2D eigenvalue weighted by Gasteiger charge is -2.09. The summed E-state index contributed by atoms with van der Waals surface area (Å²) < 4.78 is 17.5. The second kappa shape index (κ2) is 8.27. The second-order valence-corrected chi connectivity index (χ2v) is 7.02. The Labute approximate surface area is 171 Å². The molecule has 0 saturated heterocycles. The second-order valence-electron chi connectivity index (χ2n) is 6.08. The maximum Gasteiger partial charge on any atom is 0.210 e. The van der Waals surface area contributed by atoms with Gasteiger partial charge in [-0.25, -0.2) is 4.68 Å². The van der Waals surface area contributed by atoms with Crippen LogP contribution in [0.2, 0.25) is 0 Å². The first-order valence-electron chi connectivity index (χ1n) is 8.76. The largest absolute Gasteiger partial charge is 0.497 e. The fourth-order valence-electron chi connectivity index (χ4n) is 2.80. The van der Waals surface area contributed by atoms with E-state index in [2.05, 4.69) is 15.4 Å². The summed E-state index contributed by atoms with van der Waals surface area (Å²) in [6.45, 7) is 0. The molecule has 8 nitrogen and oxygen atoms in total. The third kappa shape index (κ3) is 3.90. The summed E-state index contributed by atoms with van der Waals surface area (Å²) in [5.41, 5.74) is 2.50. The lowest BCUT2D eigenvalue weighted by Crippen LogP contribution is -2.12. The van der Waals surface area contributed by atoms with Gasteiger partial charge in [0.15, 0.2) is 11.6 Å². The fourth-order valence-corrected chi connectivity index (χ4v) is 3.54. The lowest BCUT2D eigenvalue weighted by atomic mass is 10.2. The van der Waals surface area contributed by atoms with Gasteiger partial charge in [0, 0.05) is 23.4 Å².